The summed E-state index contributed by atoms with van der Waals surface area (Å²) in [4.78, 5) is 14.5. The summed E-state index contributed by atoms with van der Waals surface area (Å²) >= 11 is 0. The molecule has 0 unspecified atom stereocenters. The van der Waals surface area contributed by atoms with Crippen molar-refractivity contribution < 1.29 is 9.32 Å². The predicted octanol–water partition coefficient (Wildman–Crippen LogP) is 1.97. The van der Waals surface area contributed by atoms with Gasteiger partial charge >= 0.3 is 0 Å². The maximum absolute atomic E-state index is 12.1. The zero-order valence-electron chi connectivity index (χ0n) is 12.3. The number of nitrogens with zero attached hydrogens (tertiary/aromatic N) is 2. The number of para-hydroxylation sites is 1. The van der Waals surface area contributed by atoms with Crippen molar-refractivity contribution in [3.8, 4) is 0 Å². The van der Waals surface area contributed by atoms with Gasteiger partial charge in [-0.2, -0.15) is 0 Å². The number of hydrogen-bond donors (Lipinski definition) is 1. The molecule has 1 atom stereocenters. The van der Waals surface area contributed by atoms with Crippen molar-refractivity contribution in [3.63, 3.8) is 0 Å². The van der Waals surface area contributed by atoms with E-state index in [0.29, 0.717) is 11.7 Å². The van der Waals surface area contributed by atoms with Gasteiger partial charge in [-0.05, 0) is 38.1 Å². The van der Waals surface area contributed by atoms with E-state index in [9.17, 15) is 4.79 Å². The summed E-state index contributed by atoms with van der Waals surface area (Å²) in [7, 11) is 0. The van der Waals surface area contributed by atoms with Crippen molar-refractivity contribution >= 4 is 16.9 Å². The highest BCUT2D eigenvalue weighted by atomic mass is 16.5. The average molecular weight is 287 g/mol. The highest BCUT2D eigenvalue weighted by Crippen LogP contribution is 2.18. The molecule has 0 radical (unpaired) electrons. The van der Waals surface area contributed by atoms with E-state index in [0.717, 1.165) is 30.6 Å². The van der Waals surface area contributed by atoms with Crippen molar-refractivity contribution in [1.82, 2.24) is 15.4 Å². The molecular formula is C16H21N3O2. The molecule has 2 heterocycles. The number of hydrogen-bond acceptors (Lipinski definition) is 4. The van der Waals surface area contributed by atoms with Crippen LogP contribution in [0.15, 0.2) is 28.8 Å². The van der Waals surface area contributed by atoms with E-state index in [-0.39, 0.29) is 12.3 Å². The maximum Gasteiger partial charge on any atom is 0.226 e. The van der Waals surface area contributed by atoms with Crippen LogP contribution < -0.4 is 5.32 Å². The number of likely N-dealkylation sites (N-methyl/N-ethyl adjacent to an activating group) is 1. The zero-order valence-corrected chi connectivity index (χ0v) is 12.3. The van der Waals surface area contributed by atoms with Crippen LogP contribution >= 0.6 is 0 Å². The Hall–Kier alpha value is -1.88. The Balaban J connectivity index is 1.57. The van der Waals surface area contributed by atoms with Crippen LogP contribution in [0.5, 0.6) is 0 Å². The summed E-state index contributed by atoms with van der Waals surface area (Å²) in [6.07, 6.45) is 2.67. The fourth-order valence-corrected chi connectivity index (χ4v) is 3.05. The van der Waals surface area contributed by atoms with Gasteiger partial charge in [0.2, 0.25) is 5.91 Å². The summed E-state index contributed by atoms with van der Waals surface area (Å²) in [5.41, 5.74) is 1.44. The van der Waals surface area contributed by atoms with Gasteiger partial charge in [0.1, 0.15) is 5.69 Å². The van der Waals surface area contributed by atoms with E-state index in [2.05, 4.69) is 22.3 Å². The number of benzene rings is 1. The molecule has 1 aromatic carbocycles. The van der Waals surface area contributed by atoms with Gasteiger partial charge in [-0.15, -0.1) is 0 Å². The number of likely N-dealkylation sites (tertiary alicyclic amines) is 1. The molecule has 0 spiro atoms. The van der Waals surface area contributed by atoms with Crippen LogP contribution in [0, 0.1) is 0 Å². The lowest BCUT2D eigenvalue weighted by molar-refractivity contribution is -0.120. The second-order valence-electron chi connectivity index (χ2n) is 5.53. The summed E-state index contributed by atoms with van der Waals surface area (Å²) < 4.78 is 5.22. The molecule has 1 aliphatic heterocycles. The minimum Gasteiger partial charge on any atom is -0.356 e. The number of fused-ring (bicyclic) bond motifs is 1. The largest absolute Gasteiger partial charge is 0.356 e. The Morgan fingerprint density at radius 2 is 2.33 bits per heavy atom. The van der Waals surface area contributed by atoms with E-state index in [1.165, 1.54) is 12.8 Å². The van der Waals surface area contributed by atoms with Crippen LogP contribution in [-0.2, 0) is 11.2 Å². The fraction of sp³-hybridized carbons (Fsp3) is 0.500. The number of nitrogens with one attached hydrogen (secondary N) is 1. The molecule has 1 aromatic heterocycles. The van der Waals surface area contributed by atoms with Crippen LogP contribution in [0.3, 0.4) is 0 Å². The van der Waals surface area contributed by atoms with Gasteiger partial charge in [0.05, 0.1) is 6.42 Å². The standard InChI is InChI=1S/C16H21N3O2/c1-2-19-9-5-6-12(19)11-17-16(20)10-14-13-7-3-4-8-15(13)21-18-14/h3-4,7-8,12H,2,5-6,9-11H2,1H3,(H,17,20)/t12-/m0/s1. The molecule has 1 saturated heterocycles. The molecule has 21 heavy (non-hydrogen) atoms. The maximum atomic E-state index is 12.1. The van der Waals surface area contributed by atoms with Crippen molar-refractivity contribution in [1.29, 1.82) is 0 Å². The highest BCUT2D eigenvalue weighted by Gasteiger charge is 2.23. The predicted molar refractivity (Wildman–Crippen MR) is 81.0 cm³/mol. The molecule has 3 rings (SSSR count). The molecule has 5 nitrogen and oxygen atoms in total. The monoisotopic (exact) mass is 287 g/mol. The van der Waals surface area contributed by atoms with Crippen molar-refractivity contribution in [2.24, 2.45) is 0 Å². The molecule has 0 aliphatic carbocycles. The lowest BCUT2D eigenvalue weighted by atomic mass is 10.1. The lowest BCUT2D eigenvalue weighted by Gasteiger charge is -2.22. The summed E-state index contributed by atoms with van der Waals surface area (Å²) in [6, 6.07) is 8.11. The Bertz CT molecular complexity index is 623. The van der Waals surface area contributed by atoms with E-state index in [1.54, 1.807) is 0 Å². The molecule has 112 valence electrons. The summed E-state index contributed by atoms with van der Waals surface area (Å²) in [6.45, 7) is 5.09. The molecule has 2 aromatic rings. The fourth-order valence-electron chi connectivity index (χ4n) is 3.05. The first-order chi connectivity index (χ1) is 10.3. The normalized spacial score (nSPS) is 19.2. The molecular weight excluding hydrogens is 266 g/mol. The van der Waals surface area contributed by atoms with E-state index in [4.69, 9.17) is 4.52 Å². The molecule has 1 fully saturated rings. The Labute approximate surface area is 124 Å². The Morgan fingerprint density at radius 1 is 1.48 bits per heavy atom. The third-order valence-corrected chi connectivity index (χ3v) is 4.22. The summed E-state index contributed by atoms with van der Waals surface area (Å²) in [5.74, 6) is 0.0111. The van der Waals surface area contributed by atoms with Gasteiger partial charge in [-0.3, -0.25) is 9.69 Å². The van der Waals surface area contributed by atoms with Gasteiger partial charge < -0.3 is 9.84 Å². The number of aromatic nitrogens is 1. The van der Waals surface area contributed by atoms with E-state index >= 15 is 0 Å². The quantitative estimate of drug-likeness (QED) is 0.913. The van der Waals surface area contributed by atoms with Crippen LogP contribution in [0.4, 0.5) is 0 Å². The lowest BCUT2D eigenvalue weighted by Crippen LogP contribution is -2.40. The van der Waals surface area contributed by atoms with Gasteiger partial charge in [0.25, 0.3) is 0 Å². The van der Waals surface area contributed by atoms with Gasteiger partial charge in [0.15, 0.2) is 5.58 Å². The molecule has 5 heteroatoms. The van der Waals surface area contributed by atoms with Gasteiger partial charge in [0, 0.05) is 18.0 Å². The minimum absolute atomic E-state index is 0.0111. The molecule has 0 bridgehead atoms. The third-order valence-electron chi connectivity index (χ3n) is 4.22. The Morgan fingerprint density at radius 3 is 3.19 bits per heavy atom. The van der Waals surface area contributed by atoms with E-state index in [1.807, 2.05) is 24.3 Å². The second-order valence-corrected chi connectivity index (χ2v) is 5.53. The number of carbonyl (C=O) groups excluding carboxylic acids is 1. The highest BCUT2D eigenvalue weighted by molar-refractivity contribution is 5.86. The van der Waals surface area contributed by atoms with Crippen LogP contribution in [0.2, 0.25) is 0 Å². The third kappa shape index (κ3) is 3.08. The topological polar surface area (TPSA) is 58.4 Å². The summed E-state index contributed by atoms with van der Waals surface area (Å²) in [5, 5.41) is 7.95. The average Bonchev–Trinajstić information content (AvgIpc) is 3.12. The first-order valence-electron chi connectivity index (χ1n) is 7.62. The second kappa shape index (κ2) is 6.26. The first-order valence-corrected chi connectivity index (χ1v) is 7.62. The number of rotatable bonds is 5. The molecule has 0 saturated carbocycles. The van der Waals surface area contributed by atoms with Crippen molar-refractivity contribution in [2.45, 2.75) is 32.2 Å². The SMILES string of the molecule is CCN1CCC[C@H]1CNC(=O)Cc1noc2ccccc12. The minimum atomic E-state index is 0.0111. The Kier molecular flexibility index (Phi) is 4.20. The van der Waals surface area contributed by atoms with Crippen molar-refractivity contribution in [2.75, 3.05) is 19.6 Å². The zero-order chi connectivity index (χ0) is 14.7. The van der Waals surface area contributed by atoms with Crippen LogP contribution in [0.1, 0.15) is 25.5 Å². The van der Waals surface area contributed by atoms with Gasteiger partial charge in [-0.1, -0.05) is 24.2 Å². The number of amides is 1. The van der Waals surface area contributed by atoms with Crippen LogP contribution in [0.25, 0.3) is 11.0 Å². The first kappa shape index (κ1) is 14.1. The van der Waals surface area contributed by atoms with Gasteiger partial charge in [-0.25, -0.2) is 0 Å². The van der Waals surface area contributed by atoms with Crippen LogP contribution in [-0.4, -0.2) is 41.6 Å². The van der Waals surface area contributed by atoms with E-state index < -0.39 is 0 Å². The van der Waals surface area contributed by atoms with Crippen molar-refractivity contribution in [3.05, 3.63) is 30.0 Å². The molecule has 1 N–H and O–H groups in total. The molecule has 1 amide bonds. The molecule has 1 aliphatic rings. The smallest absolute Gasteiger partial charge is 0.226 e. The number of carbonyl (C=O) groups is 1.